The van der Waals surface area contributed by atoms with Crippen molar-refractivity contribution in [3.63, 3.8) is 0 Å². The number of fused-ring (bicyclic) bond motifs is 1. The van der Waals surface area contributed by atoms with Gasteiger partial charge in [-0.3, -0.25) is 4.79 Å². The molecular formula is C23H22BrNO3. The SMILES string of the molecule is COC(=O)c1ccc2c(c1)CCCC(Br)=C2c1ccc(C(=O)C2CNC2)cc1. The number of carbonyl (C=O) groups is 2. The lowest BCUT2D eigenvalue weighted by Gasteiger charge is -2.25. The molecule has 1 fully saturated rings. The zero-order chi connectivity index (χ0) is 19.7. The monoisotopic (exact) mass is 439 g/mol. The number of halogens is 1. The molecule has 4 rings (SSSR count). The number of ether oxygens (including phenoxy) is 1. The maximum Gasteiger partial charge on any atom is 0.337 e. The van der Waals surface area contributed by atoms with E-state index in [1.54, 1.807) is 0 Å². The minimum absolute atomic E-state index is 0.104. The number of rotatable bonds is 4. The summed E-state index contributed by atoms with van der Waals surface area (Å²) >= 11 is 3.78. The second kappa shape index (κ2) is 8.02. The fraction of sp³-hybridized carbons (Fsp3) is 0.304. The third kappa shape index (κ3) is 3.56. The zero-order valence-electron chi connectivity index (χ0n) is 15.8. The Hall–Kier alpha value is -2.24. The van der Waals surface area contributed by atoms with E-state index < -0.39 is 0 Å². The van der Waals surface area contributed by atoms with Crippen molar-refractivity contribution in [3.8, 4) is 0 Å². The maximum absolute atomic E-state index is 12.5. The molecule has 4 nitrogen and oxygen atoms in total. The molecule has 0 bridgehead atoms. The van der Waals surface area contributed by atoms with Gasteiger partial charge in [-0.2, -0.15) is 0 Å². The van der Waals surface area contributed by atoms with Crippen LogP contribution in [0.4, 0.5) is 0 Å². The van der Waals surface area contributed by atoms with Crippen LogP contribution in [0.25, 0.3) is 5.57 Å². The first-order chi connectivity index (χ1) is 13.6. The van der Waals surface area contributed by atoms with Crippen LogP contribution >= 0.6 is 15.9 Å². The summed E-state index contributed by atoms with van der Waals surface area (Å²) in [7, 11) is 1.40. The van der Waals surface area contributed by atoms with E-state index in [0.29, 0.717) is 5.56 Å². The molecular weight excluding hydrogens is 418 g/mol. The number of aryl methyl sites for hydroxylation is 1. The maximum atomic E-state index is 12.5. The smallest absolute Gasteiger partial charge is 0.337 e. The predicted octanol–water partition coefficient (Wildman–Crippen LogP) is 4.37. The van der Waals surface area contributed by atoms with Crippen molar-refractivity contribution < 1.29 is 14.3 Å². The molecule has 2 aromatic rings. The number of benzene rings is 2. The molecule has 1 heterocycles. The van der Waals surface area contributed by atoms with Gasteiger partial charge in [-0.25, -0.2) is 4.79 Å². The largest absolute Gasteiger partial charge is 0.465 e. The van der Waals surface area contributed by atoms with E-state index in [1.807, 2.05) is 42.5 Å². The van der Waals surface area contributed by atoms with Crippen molar-refractivity contribution in [2.75, 3.05) is 20.2 Å². The molecule has 0 atom stereocenters. The number of methoxy groups -OCH3 is 1. The number of esters is 1. The van der Waals surface area contributed by atoms with Gasteiger partial charge in [-0.1, -0.05) is 46.3 Å². The standard InChI is InChI=1S/C23H22BrNO3/c1-28-23(27)17-9-10-19-16(11-17)3-2-4-20(24)21(19)14-5-7-15(8-6-14)22(26)18-12-25-13-18/h5-11,18,25H,2-4,12-13H2,1H3. The van der Waals surface area contributed by atoms with Gasteiger partial charge in [0.1, 0.15) is 0 Å². The molecule has 0 spiro atoms. The summed E-state index contributed by atoms with van der Waals surface area (Å²) in [4.78, 5) is 24.4. The Kier molecular flexibility index (Phi) is 5.47. The molecule has 1 saturated heterocycles. The van der Waals surface area contributed by atoms with Crippen LogP contribution in [-0.2, 0) is 11.2 Å². The van der Waals surface area contributed by atoms with Gasteiger partial charge in [-0.15, -0.1) is 0 Å². The fourth-order valence-electron chi connectivity index (χ4n) is 3.82. The predicted molar refractivity (Wildman–Crippen MR) is 113 cm³/mol. The molecule has 0 radical (unpaired) electrons. The fourth-order valence-corrected chi connectivity index (χ4v) is 4.54. The minimum atomic E-state index is -0.315. The highest BCUT2D eigenvalue weighted by Crippen LogP contribution is 2.38. The van der Waals surface area contributed by atoms with Gasteiger partial charge in [0, 0.05) is 29.1 Å². The zero-order valence-corrected chi connectivity index (χ0v) is 17.3. The number of allylic oxidation sites excluding steroid dienone is 1. The average Bonchev–Trinajstić information content (AvgIpc) is 2.83. The van der Waals surface area contributed by atoms with E-state index in [4.69, 9.17) is 4.74 Å². The van der Waals surface area contributed by atoms with Gasteiger partial charge in [0.15, 0.2) is 5.78 Å². The van der Waals surface area contributed by atoms with Gasteiger partial charge in [0.2, 0.25) is 0 Å². The summed E-state index contributed by atoms with van der Waals surface area (Å²) in [5, 5.41) is 3.15. The number of nitrogens with one attached hydrogen (secondary N) is 1. The van der Waals surface area contributed by atoms with Crippen molar-refractivity contribution in [2.45, 2.75) is 19.3 Å². The quantitative estimate of drug-likeness (QED) is 0.567. The second-order valence-electron chi connectivity index (χ2n) is 7.29. The van der Waals surface area contributed by atoms with E-state index in [-0.39, 0.29) is 17.7 Å². The number of Topliss-reactive ketones (excluding diaryl/α,β-unsaturated/α-hetero) is 1. The Labute approximate surface area is 173 Å². The summed E-state index contributed by atoms with van der Waals surface area (Å²) in [6, 6.07) is 13.7. The molecule has 2 aromatic carbocycles. The number of hydrogen-bond donors (Lipinski definition) is 1. The molecule has 2 aliphatic rings. The van der Waals surface area contributed by atoms with Crippen molar-refractivity contribution >= 4 is 33.3 Å². The molecule has 28 heavy (non-hydrogen) atoms. The third-order valence-corrected chi connectivity index (χ3v) is 6.31. The summed E-state index contributed by atoms with van der Waals surface area (Å²) in [6.07, 6.45) is 2.85. The lowest BCUT2D eigenvalue weighted by molar-refractivity contribution is 0.0600. The summed E-state index contributed by atoms with van der Waals surface area (Å²) in [5.41, 5.74) is 5.82. The van der Waals surface area contributed by atoms with Crippen LogP contribution in [0, 0.1) is 5.92 Å². The molecule has 0 aromatic heterocycles. The summed E-state index contributed by atoms with van der Waals surface area (Å²) in [6.45, 7) is 1.54. The molecule has 1 aliphatic heterocycles. The van der Waals surface area contributed by atoms with Gasteiger partial charge in [0.25, 0.3) is 0 Å². The Balaban J connectivity index is 1.70. The number of carbonyl (C=O) groups excluding carboxylic acids is 2. The molecule has 0 unspecified atom stereocenters. The first-order valence-electron chi connectivity index (χ1n) is 9.54. The number of ketones is 1. The van der Waals surface area contributed by atoms with Gasteiger partial charge in [-0.05, 0) is 53.7 Å². The highest BCUT2D eigenvalue weighted by Gasteiger charge is 2.26. The average molecular weight is 440 g/mol. The second-order valence-corrected chi connectivity index (χ2v) is 8.25. The Morgan fingerprint density at radius 2 is 1.75 bits per heavy atom. The summed E-state index contributed by atoms with van der Waals surface area (Å²) < 4.78 is 6.02. The van der Waals surface area contributed by atoms with E-state index in [2.05, 4.69) is 21.2 Å². The van der Waals surface area contributed by atoms with Crippen LogP contribution in [-0.4, -0.2) is 32.0 Å². The van der Waals surface area contributed by atoms with Crippen LogP contribution in [0.5, 0.6) is 0 Å². The highest BCUT2D eigenvalue weighted by molar-refractivity contribution is 9.11. The molecule has 0 saturated carbocycles. The minimum Gasteiger partial charge on any atom is -0.465 e. The topological polar surface area (TPSA) is 55.4 Å². The molecule has 5 heteroatoms. The lowest BCUT2D eigenvalue weighted by Crippen LogP contribution is -2.46. The molecule has 1 aliphatic carbocycles. The molecule has 144 valence electrons. The Morgan fingerprint density at radius 1 is 1.04 bits per heavy atom. The highest BCUT2D eigenvalue weighted by atomic mass is 79.9. The van der Waals surface area contributed by atoms with E-state index in [9.17, 15) is 9.59 Å². The van der Waals surface area contributed by atoms with Crippen molar-refractivity contribution in [1.82, 2.24) is 5.32 Å². The van der Waals surface area contributed by atoms with Crippen molar-refractivity contribution in [3.05, 3.63) is 74.8 Å². The Morgan fingerprint density at radius 3 is 2.39 bits per heavy atom. The van der Waals surface area contributed by atoms with E-state index in [0.717, 1.165) is 64.7 Å². The first-order valence-corrected chi connectivity index (χ1v) is 10.3. The Bertz CT molecular complexity index is 958. The van der Waals surface area contributed by atoms with Crippen LogP contribution in [0.15, 0.2) is 46.9 Å². The third-order valence-electron chi connectivity index (χ3n) is 5.52. The van der Waals surface area contributed by atoms with Crippen molar-refractivity contribution in [2.24, 2.45) is 5.92 Å². The van der Waals surface area contributed by atoms with E-state index >= 15 is 0 Å². The van der Waals surface area contributed by atoms with Crippen LogP contribution in [0.2, 0.25) is 0 Å². The molecule has 1 N–H and O–H groups in total. The van der Waals surface area contributed by atoms with Crippen LogP contribution in [0.1, 0.15) is 50.2 Å². The van der Waals surface area contributed by atoms with Crippen LogP contribution in [0.3, 0.4) is 0 Å². The van der Waals surface area contributed by atoms with Crippen molar-refractivity contribution in [1.29, 1.82) is 0 Å². The number of hydrogen-bond acceptors (Lipinski definition) is 4. The normalized spacial score (nSPS) is 16.8. The van der Waals surface area contributed by atoms with Gasteiger partial charge >= 0.3 is 5.97 Å². The van der Waals surface area contributed by atoms with Gasteiger partial charge in [0.05, 0.1) is 12.7 Å². The van der Waals surface area contributed by atoms with E-state index in [1.165, 1.54) is 7.11 Å². The summed E-state index contributed by atoms with van der Waals surface area (Å²) in [5.74, 6) is -0.000487. The first kappa shape index (κ1) is 19.1. The lowest BCUT2D eigenvalue weighted by atomic mass is 9.89. The molecule has 0 amide bonds. The van der Waals surface area contributed by atoms with Gasteiger partial charge < -0.3 is 10.1 Å². The van der Waals surface area contributed by atoms with Crippen LogP contribution < -0.4 is 5.32 Å².